The summed E-state index contributed by atoms with van der Waals surface area (Å²) in [5.41, 5.74) is 1.17. The van der Waals surface area contributed by atoms with Gasteiger partial charge in [0.25, 0.3) is 0 Å². The van der Waals surface area contributed by atoms with Gasteiger partial charge in [-0.3, -0.25) is 0 Å². The first kappa shape index (κ1) is 9.97. The first-order valence-electron chi connectivity index (χ1n) is 6.04. The SMILES string of the molecule is Oc1ccc2c(c1)C(C1CCCN1)CCO2. The average molecular weight is 219 g/mol. The van der Waals surface area contributed by atoms with Crippen LogP contribution in [-0.2, 0) is 0 Å². The average Bonchev–Trinajstić information content (AvgIpc) is 2.81. The highest BCUT2D eigenvalue weighted by molar-refractivity contribution is 5.43. The number of ether oxygens (including phenoxy) is 1. The van der Waals surface area contributed by atoms with Gasteiger partial charge in [0.05, 0.1) is 6.61 Å². The van der Waals surface area contributed by atoms with Crippen LogP contribution in [0.4, 0.5) is 0 Å². The van der Waals surface area contributed by atoms with Crippen molar-refractivity contribution in [3.63, 3.8) is 0 Å². The van der Waals surface area contributed by atoms with Gasteiger partial charge in [0.1, 0.15) is 11.5 Å². The summed E-state index contributed by atoms with van der Waals surface area (Å²) in [6, 6.07) is 6.00. The maximum absolute atomic E-state index is 9.57. The molecule has 0 radical (unpaired) electrons. The van der Waals surface area contributed by atoms with Crippen molar-refractivity contribution in [2.24, 2.45) is 0 Å². The molecule has 0 saturated carbocycles. The van der Waals surface area contributed by atoms with Gasteiger partial charge in [-0.1, -0.05) is 0 Å². The molecule has 3 rings (SSSR count). The van der Waals surface area contributed by atoms with E-state index >= 15 is 0 Å². The van der Waals surface area contributed by atoms with Crippen LogP contribution in [0.3, 0.4) is 0 Å². The molecule has 86 valence electrons. The molecule has 16 heavy (non-hydrogen) atoms. The lowest BCUT2D eigenvalue weighted by atomic mass is 9.86. The van der Waals surface area contributed by atoms with Gasteiger partial charge < -0.3 is 15.2 Å². The van der Waals surface area contributed by atoms with Gasteiger partial charge in [0.15, 0.2) is 0 Å². The van der Waals surface area contributed by atoms with Crippen LogP contribution in [0.5, 0.6) is 11.5 Å². The molecule has 1 fully saturated rings. The molecule has 2 heterocycles. The number of nitrogens with one attached hydrogen (secondary N) is 1. The van der Waals surface area contributed by atoms with Crippen molar-refractivity contribution < 1.29 is 9.84 Å². The molecule has 2 aliphatic heterocycles. The summed E-state index contributed by atoms with van der Waals surface area (Å²) in [5.74, 6) is 1.79. The summed E-state index contributed by atoms with van der Waals surface area (Å²) in [5, 5.41) is 13.1. The van der Waals surface area contributed by atoms with Crippen molar-refractivity contribution in [1.29, 1.82) is 0 Å². The van der Waals surface area contributed by atoms with Crippen molar-refractivity contribution in [2.45, 2.75) is 31.2 Å². The van der Waals surface area contributed by atoms with E-state index in [-0.39, 0.29) is 0 Å². The van der Waals surface area contributed by atoms with E-state index in [1.54, 1.807) is 6.07 Å². The molecule has 2 N–H and O–H groups in total. The van der Waals surface area contributed by atoms with Crippen LogP contribution in [0, 0.1) is 0 Å². The van der Waals surface area contributed by atoms with E-state index in [9.17, 15) is 5.11 Å². The number of rotatable bonds is 1. The molecule has 3 heteroatoms. The minimum absolute atomic E-state index is 0.340. The maximum Gasteiger partial charge on any atom is 0.123 e. The van der Waals surface area contributed by atoms with Crippen LogP contribution in [0.1, 0.15) is 30.7 Å². The zero-order valence-electron chi connectivity index (χ0n) is 9.28. The number of fused-ring (bicyclic) bond motifs is 1. The second kappa shape index (κ2) is 3.98. The van der Waals surface area contributed by atoms with E-state index in [0.29, 0.717) is 17.7 Å². The van der Waals surface area contributed by atoms with E-state index in [0.717, 1.165) is 25.3 Å². The lowest BCUT2D eigenvalue weighted by Crippen LogP contribution is -2.32. The molecular formula is C13H17NO2. The Labute approximate surface area is 95.4 Å². The number of phenols is 1. The molecule has 1 aromatic carbocycles. The summed E-state index contributed by atoms with van der Waals surface area (Å²) >= 11 is 0. The highest BCUT2D eigenvalue weighted by atomic mass is 16.5. The van der Waals surface area contributed by atoms with Gasteiger partial charge in [-0.2, -0.15) is 0 Å². The Morgan fingerprint density at radius 2 is 2.25 bits per heavy atom. The maximum atomic E-state index is 9.57. The molecule has 2 unspecified atom stereocenters. The number of hydrogen-bond acceptors (Lipinski definition) is 3. The van der Waals surface area contributed by atoms with Crippen LogP contribution in [0.15, 0.2) is 18.2 Å². The van der Waals surface area contributed by atoms with Gasteiger partial charge in [0, 0.05) is 17.5 Å². The monoisotopic (exact) mass is 219 g/mol. The molecule has 1 aromatic rings. The number of hydrogen-bond donors (Lipinski definition) is 2. The first-order chi connectivity index (χ1) is 7.84. The Kier molecular flexibility index (Phi) is 2.48. The van der Waals surface area contributed by atoms with Crippen molar-refractivity contribution in [1.82, 2.24) is 5.32 Å². The zero-order valence-corrected chi connectivity index (χ0v) is 9.28. The van der Waals surface area contributed by atoms with E-state index < -0.39 is 0 Å². The fraction of sp³-hybridized carbons (Fsp3) is 0.538. The van der Waals surface area contributed by atoms with Gasteiger partial charge in [-0.25, -0.2) is 0 Å². The Bertz CT molecular complexity index is 386. The topological polar surface area (TPSA) is 41.5 Å². The van der Waals surface area contributed by atoms with Crippen LogP contribution in [0.25, 0.3) is 0 Å². The van der Waals surface area contributed by atoms with Crippen molar-refractivity contribution in [2.75, 3.05) is 13.2 Å². The fourth-order valence-electron chi connectivity index (χ4n) is 2.88. The summed E-state index contributed by atoms with van der Waals surface area (Å²) in [6.07, 6.45) is 3.55. The molecule has 2 atom stereocenters. The second-order valence-corrected chi connectivity index (χ2v) is 4.67. The summed E-state index contributed by atoms with van der Waals surface area (Å²) in [4.78, 5) is 0. The van der Waals surface area contributed by atoms with Gasteiger partial charge in [-0.05, 0) is 44.0 Å². The van der Waals surface area contributed by atoms with E-state index in [1.807, 2.05) is 12.1 Å². The Balaban J connectivity index is 1.94. The van der Waals surface area contributed by atoms with E-state index in [1.165, 1.54) is 18.4 Å². The fourth-order valence-corrected chi connectivity index (χ4v) is 2.88. The molecule has 3 nitrogen and oxygen atoms in total. The first-order valence-corrected chi connectivity index (χ1v) is 6.04. The predicted molar refractivity (Wildman–Crippen MR) is 62.0 cm³/mol. The Hall–Kier alpha value is -1.22. The van der Waals surface area contributed by atoms with Crippen LogP contribution in [-0.4, -0.2) is 24.3 Å². The highest BCUT2D eigenvalue weighted by Gasteiger charge is 2.30. The van der Waals surface area contributed by atoms with Gasteiger partial charge in [-0.15, -0.1) is 0 Å². The molecule has 0 amide bonds. The Morgan fingerprint density at radius 3 is 3.06 bits per heavy atom. The lowest BCUT2D eigenvalue weighted by molar-refractivity contribution is 0.249. The minimum atomic E-state index is 0.340. The van der Waals surface area contributed by atoms with Crippen LogP contribution in [0.2, 0.25) is 0 Å². The molecule has 1 saturated heterocycles. The minimum Gasteiger partial charge on any atom is -0.508 e. The van der Waals surface area contributed by atoms with Gasteiger partial charge >= 0.3 is 0 Å². The smallest absolute Gasteiger partial charge is 0.123 e. The highest BCUT2D eigenvalue weighted by Crippen LogP contribution is 2.39. The molecular weight excluding hydrogens is 202 g/mol. The summed E-state index contributed by atoms with van der Waals surface area (Å²) in [7, 11) is 0. The van der Waals surface area contributed by atoms with Crippen LogP contribution >= 0.6 is 0 Å². The third-order valence-corrected chi connectivity index (χ3v) is 3.66. The normalized spacial score (nSPS) is 28.5. The van der Waals surface area contributed by atoms with E-state index in [2.05, 4.69) is 5.32 Å². The molecule has 0 aliphatic carbocycles. The lowest BCUT2D eigenvalue weighted by Gasteiger charge is -2.30. The second-order valence-electron chi connectivity index (χ2n) is 4.67. The van der Waals surface area contributed by atoms with Crippen molar-refractivity contribution in [3.05, 3.63) is 23.8 Å². The summed E-state index contributed by atoms with van der Waals surface area (Å²) in [6.45, 7) is 1.91. The zero-order chi connectivity index (χ0) is 11.0. The predicted octanol–water partition coefficient (Wildman–Crippen LogP) is 2.01. The van der Waals surface area contributed by atoms with Crippen LogP contribution < -0.4 is 10.1 Å². The number of benzene rings is 1. The molecule has 0 spiro atoms. The quantitative estimate of drug-likeness (QED) is 0.759. The van der Waals surface area contributed by atoms with E-state index in [4.69, 9.17) is 4.74 Å². The third-order valence-electron chi connectivity index (χ3n) is 3.66. The van der Waals surface area contributed by atoms with Crippen molar-refractivity contribution in [3.8, 4) is 11.5 Å². The third kappa shape index (κ3) is 1.65. The number of phenolic OH excluding ortho intramolecular Hbond substituents is 1. The molecule has 2 aliphatic rings. The molecule has 0 bridgehead atoms. The standard InChI is InChI=1S/C13H17NO2/c15-9-3-4-13-11(8-9)10(5-7-16-13)12-2-1-6-14-12/h3-4,8,10,12,14-15H,1-2,5-7H2. The number of aromatic hydroxyl groups is 1. The van der Waals surface area contributed by atoms with Gasteiger partial charge in [0.2, 0.25) is 0 Å². The Morgan fingerprint density at radius 1 is 1.31 bits per heavy atom. The molecule has 0 aromatic heterocycles. The summed E-state index contributed by atoms with van der Waals surface area (Å²) < 4.78 is 5.63. The van der Waals surface area contributed by atoms with Crippen molar-refractivity contribution >= 4 is 0 Å². The largest absolute Gasteiger partial charge is 0.508 e.